The number of nitrogens with zero attached hydrogens (tertiary/aromatic N) is 1. The lowest BCUT2D eigenvalue weighted by molar-refractivity contribution is -0.384. The zero-order chi connectivity index (χ0) is 9.14. The van der Waals surface area contributed by atoms with Crippen molar-refractivity contribution in [3.63, 3.8) is 0 Å². The molecule has 0 unspecified atom stereocenters. The number of rotatable bonds is 2. The van der Waals surface area contributed by atoms with Crippen LogP contribution in [0.5, 0.6) is 0 Å². The van der Waals surface area contributed by atoms with Gasteiger partial charge >= 0.3 is 0 Å². The molecule has 0 amide bonds. The Morgan fingerprint density at radius 2 is 2.25 bits per heavy atom. The van der Waals surface area contributed by atoms with Crippen molar-refractivity contribution in [2.75, 3.05) is 5.43 Å². The number of halogens is 1. The number of nitro groups is 1. The molecular weight excluding hydrogens is 226 g/mol. The van der Waals surface area contributed by atoms with Gasteiger partial charge in [0, 0.05) is 16.6 Å². The molecule has 12 heavy (non-hydrogen) atoms. The van der Waals surface area contributed by atoms with E-state index < -0.39 is 4.92 Å². The fraction of sp³-hybridized carbons (Fsp3) is 0. The Balaban J connectivity index is 3.10. The average molecular weight is 232 g/mol. The van der Waals surface area contributed by atoms with E-state index in [9.17, 15) is 10.1 Å². The molecule has 0 radical (unpaired) electrons. The van der Waals surface area contributed by atoms with E-state index >= 15 is 0 Å². The molecule has 0 fully saturated rings. The van der Waals surface area contributed by atoms with Crippen molar-refractivity contribution in [2.24, 2.45) is 5.84 Å². The van der Waals surface area contributed by atoms with Crippen molar-refractivity contribution in [1.29, 1.82) is 0 Å². The van der Waals surface area contributed by atoms with Gasteiger partial charge in [-0.2, -0.15) is 0 Å². The Bertz CT molecular complexity index is 316. The topological polar surface area (TPSA) is 81.2 Å². The van der Waals surface area contributed by atoms with Crippen molar-refractivity contribution in [3.8, 4) is 0 Å². The zero-order valence-corrected chi connectivity index (χ0v) is 7.54. The van der Waals surface area contributed by atoms with Gasteiger partial charge in [0.2, 0.25) is 0 Å². The van der Waals surface area contributed by atoms with E-state index in [4.69, 9.17) is 5.84 Å². The number of benzene rings is 1. The third kappa shape index (κ3) is 1.72. The van der Waals surface area contributed by atoms with E-state index in [2.05, 4.69) is 21.4 Å². The fourth-order valence-electron chi connectivity index (χ4n) is 0.735. The minimum absolute atomic E-state index is 0.0286. The number of anilines is 1. The van der Waals surface area contributed by atoms with Crippen molar-refractivity contribution < 1.29 is 4.92 Å². The van der Waals surface area contributed by atoms with Crippen molar-refractivity contribution in [2.45, 2.75) is 0 Å². The molecule has 0 aromatic heterocycles. The van der Waals surface area contributed by atoms with Crippen molar-refractivity contribution in [3.05, 3.63) is 32.8 Å². The number of nitrogens with two attached hydrogens (primary N) is 1. The van der Waals surface area contributed by atoms with Crippen LogP contribution in [0, 0.1) is 10.1 Å². The van der Waals surface area contributed by atoms with Crippen LogP contribution in [0.25, 0.3) is 0 Å². The number of nitro benzene ring substituents is 1. The Morgan fingerprint density at radius 1 is 1.58 bits per heavy atom. The van der Waals surface area contributed by atoms with Gasteiger partial charge in [-0.1, -0.05) is 0 Å². The second-order valence-electron chi connectivity index (χ2n) is 2.07. The molecule has 1 aromatic rings. The van der Waals surface area contributed by atoms with Crippen LogP contribution in [0.4, 0.5) is 11.4 Å². The highest BCUT2D eigenvalue weighted by Gasteiger charge is 2.07. The second kappa shape index (κ2) is 3.51. The highest BCUT2D eigenvalue weighted by atomic mass is 79.9. The Labute approximate surface area is 76.8 Å². The second-order valence-corrected chi connectivity index (χ2v) is 2.92. The number of hydrogen-bond donors (Lipinski definition) is 2. The molecule has 0 saturated carbocycles. The van der Waals surface area contributed by atoms with E-state index in [0.29, 0.717) is 10.2 Å². The molecule has 6 heteroatoms. The third-order valence-corrected chi connectivity index (χ3v) is 1.98. The largest absolute Gasteiger partial charge is 0.323 e. The van der Waals surface area contributed by atoms with Gasteiger partial charge in [-0.05, 0) is 22.0 Å². The Hall–Kier alpha value is -1.14. The van der Waals surface area contributed by atoms with Gasteiger partial charge in [-0.15, -0.1) is 0 Å². The molecule has 0 aliphatic carbocycles. The zero-order valence-electron chi connectivity index (χ0n) is 5.95. The molecule has 64 valence electrons. The summed E-state index contributed by atoms with van der Waals surface area (Å²) in [5.41, 5.74) is 3.03. The van der Waals surface area contributed by atoms with E-state index in [-0.39, 0.29) is 5.69 Å². The summed E-state index contributed by atoms with van der Waals surface area (Å²) in [5.74, 6) is 5.13. The highest BCUT2D eigenvalue weighted by molar-refractivity contribution is 9.10. The predicted octanol–water partition coefficient (Wildman–Crippen LogP) is 1.64. The summed E-state index contributed by atoms with van der Waals surface area (Å²) in [4.78, 5) is 9.82. The minimum atomic E-state index is -0.467. The normalized spacial score (nSPS) is 9.50. The summed E-state index contributed by atoms with van der Waals surface area (Å²) in [6, 6.07) is 4.29. The van der Waals surface area contributed by atoms with Crippen LogP contribution < -0.4 is 11.3 Å². The van der Waals surface area contributed by atoms with E-state index in [0.717, 1.165) is 0 Å². The van der Waals surface area contributed by atoms with Crippen LogP contribution in [0.2, 0.25) is 0 Å². The maximum Gasteiger partial charge on any atom is 0.270 e. The van der Waals surface area contributed by atoms with Gasteiger partial charge in [-0.3, -0.25) is 16.0 Å². The lowest BCUT2D eigenvalue weighted by atomic mass is 10.3. The molecule has 0 atom stereocenters. The smallest absolute Gasteiger partial charge is 0.270 e. The van der Waals surface area contributed by atoms with E-state index in [1.165, 1.54) is 18.2 Å². The molecule has 0 saturated heterocycles. The van der Waals surface area contributed by atoms with Gasteiger partial charge in [-0.25, -0.2) is 0 Å². The van der Waals surface area contributed by atoms with Gasteiger partial charge in [0.1, 0.15) is 0 Å². The Kier molecular flexibility index (Phi) is 2.61. The van der Waals surface area contributed by atoms with Gasteiger partial charge in [0.25, 0.3) is 5.69 Å². The maximum absolute atomic E-state index is 10.3. The first-order valence-corrected chi connectivity index (χ1v) is 3.85. The maximum atomic E-state index is 10.3. The number of hydrazine groups is 1. The van der Waals surface area contributed by atoms with Crippen LogP contribution in [0.1, 0.15) is 0 Å². The lowest BCUT2D eigenvalue weighted by Crippen LogP contribution is -2.07. The number of nitrogen functional groups attached to an aromatic ring is 1. The fourth-order valence-corrected chi connectivity index (χ4v) is 1.22. The van der Waals surface area contributed by atoms with Crippen LogP contribution in [-0.2, 0) is 0 Å². The van der Waals surface area contributed by atoms with Crippen molar-refractivity contribution >= 4 is 27.3 Å². The van der Waals surface area contributed by atoms with Gasteiger partial charge in [0.05, 0.1) is 10.6 Å². The number of nitrogens with one attached hydrogen (secondary N) is 1. The summed E-state index contributed by atoms with van der Waals surface area (Å²) < 4.78 is 0.569. The quantitative estimate of drug-likeness (QED) is 0.461. The first-order chi connectivity index (χ1) is 5.65. The predicted molar refractivity (Wildman–Crippen MR) is 48.6 cm³/mol. The molecule has 1 rings (SSSR count). The van der Waals surface area contributed by atoms with Crippen LogP contribution in [0.15, 0.2) is 22.7 Å². The molecule has 0 bridgehead atoms. The summed E-state index contributed by atoms with van der Waals surface area (Å²) in [5, 5.41) is 10.3. The summed E-state index contributed by atoms with van der Waals surface area (Å²) in [6.45, 7) is 0. The van der Waals surface area contributed by atoms with Crippen LogP contribution in [-0.4, -0.2) is 4.92 Å². The van der Waals surface area contributed by atoms with E-state index in [1.807, 2.05) is 0 Å². The molecule has 0 aliphatic heterocycles. The molecule has 5 nitrogen and oxygen atoms in total. The molecule has 0 spiro atoms. The van der Waals surface area contributed by atoms with Crippen LogP contribution in [0.3, 0.4) is 0 Å². The first kappa shape index (κ1) is 8.95. The summed E-state index contributed by atoms with van der Waals surface area (Å²) in [7, 11) is 0. The monoisotopic (exact) mass is 231 g/mol. The number of non-ortho nitro benzene ring substituents is 1. The highest BCUT2D eigenvalue weighted by Crippen LogP contribution is 2.25. The van der Waals surface area contributed by atoms with Crippen molar-refractivity contribution in [1.82, 2.24) is 0 Å². The molecule has 3 N–H and O–H groups in total. The van der Waals surface area contributed by atoms with Gasteiger partial charge in [0.15, 0.2) is 0 Å². The standard InChI is InChI=1S/C6H6BrN3O2/c7-5-3-4(10(11)12)1-2-6(5)9-8/h1-3,9H,8H2. The first-order valence-electron chi connectivity index (χ1n) is 3.05. The third-order valence-electron chi connectivity index (χ3n) is 1.32. The Morgan fingerprint density at radius 3 is 2.67 bits per heavy atom. The molecule has 0 aliphatic rings. The summed E-state index contributed by atoms with van der Waals surface area (Å²) >= 11 is 3.13. The van der Waals surface area contributed by atoms with Crippen LogP contribution >= 0.6 is 15.9 Å². The van der Waals surface area contributed by atoms with E-state index in [1.54, 1.807) is 0 Å². The summed E-state index contributed by atoms with van der Waals surface area (Å²) in [6.07, 6.45) is 0. The SMILES string of the molecule is NNc1ccc([N+](=O)[O-])cc1Br. The number of hydrogen-bond acceptors (Lipinski definition) is 4. The molecule has 1 aromatic carbocycles. The van der Waals surface area contributed by atoms with Gasteiger partial charge < -0.3 is 5.43 Å². The minimum Gasteiger partial charge on any atom is -0.323 e. The lowest BCUT2D eigenvalue weighted by Gasteiger charge is -2.01. The molecule has 0 heterocycles. The molecular formula is C6H6BrN3O2. The average Bonchev–Trinajstić information content (AvgIpc) is 2.04.